The van der Waals surface area contributed by atoms with Crippen LogP contribution in [0.3, 0.4) is 0 Å². The molecule has 2 rings (SSSR count). The number of hydrogen-bond donors (Lipinski definition) is 6. The lowest BCUT2D eigenvalue weighted by Gasteiger charge is -2.27. The van der Waals surface area contributed by atoms with Crippen LogP contribution in [0.5, 0.6) is 0 Å². The Hall–Kier alpha value is -4.84. The molecule has 0 unspecified atom stereocenters. The number of esters is 1. The van der Waals surface area contributed by atoms with Gasteiger partial charge < -0.3 is 31.7 Å². The number of anilines is 1. The van der Waals surface area contributed by atoms with E-state index < -0.39 is 87.3 Å². The third-order valence-corrected chi connectivity index (χ3v) is 9.21. The number of imide groups is 1. The van der Waals surface area contributed by atoms with Gasteiger partial charge in [-0.15, -0.1) is 0 Å². The quantitative estimate of drug-likeness (QED) is 0.0502. The summed E-state index contributed by atoms with van der Waals surface area (Å²) in [5.41, 5.74) is 5.49. The van der Waals surface area contributed by atoms with Gasteiger partial charge in [0, 0.05) is 30.9 Å². The van der Waals surface area contributed by atoms with Gasteiger partial charge in [0.25, 0.3) is 21.9 Å². The van der Waals surface area contributed by atoms with Crippen LogP contribution < -0.4 is 27.0 Å². The molecule has 7 N–H and O–H groups in total. The highest BCUT2D eigenvalue weighted by Gasteiger charge is 2.37. The molecule has 3 atom stereocenters. The number of urea groups is 1. The first kappa shape index (κ1) is 41.3. The molecule has 1 aliphatic heterocycles. The predicted octanol–water partition coefficient (Wildman–Crippen LogP) is 0.750. The van der Waals surface area contributed by atoms with E-state index in [1.807, 2.05) is 6.92 Å². The Morgan fingerprint density at radius 3 is 2.06 bits per heavy atom. The van der Waals surface area contributed by atoms with Crippen molar-refractivity contribution in [1.82, 2.24) is 20.9 Å². The third kappa shape index (κ3) is 12.6. The lowest BCUT2D eigenvalue weighted by Crippen LogP contribution is -2.56. The van der Waals surface area contributed by atoms with Crippen molar-refractivity contribution in [2.75, 3.05) is 18.4 Å². The van der Waals surface area contributed by atoms with Crippen molar-refractivity contribution < 1.29 is 51.3 Å². The largest absolute Gasteiger partial charge is 0.460 e. The second-order valence-corrected chi connectivity index (χ2v) is 14.3. The Balaban J connectivity index is 2.16. The average Bonchev–Trinajstić information content (AvgIpc) is 3.35. The second-order valence-electron chi connectivity index (χ2n) is 12.7. The number of hydrogen-bond acceptors (Lipinski definition) is 10. The highest BCUT2D eigenvalue weighted by molar-refractivity contribution is 7.87. The molecule has 1 aromatic carbocycles. The maximum Gasteiger partial charge on any atom is 0.312 e. The van der Waals surface area contributed by atoms with E-state index in [4.69, 9.17) is 10.5 Å². The second kappa shape index (κ2) is 18.2. The number of primary amides is 1. The number of ether oxygens (including phenoxy) is 1. The average molecular weight is 723 g/mol. The lowest BCUT2D eigenvalue weighted by atomic mass is 9.91. The Morgan fingerprint density at radius 1 is 0.940 bits per heavy atom. The molecule has 18 heteroatoms. The van der Waals surface area contributed by atoms with Crippen LogP contribution in [0.4, 0.5) is 10.5 Å². The van der Waals surface area contributed by atoms with E-state index in [0.717, 1.165) is 12.2 Å². The fourth-order valence-electron chi connectivity index (χ4n) is 4.54. The molecule has 0 fully saturated rings. The predicted molar refractivity (Wildman–Crippen MR) is 180 cm³/mol. The fourth-order valence-corrected chi connectivity index (χ4v) is 5.29. The maximum absolute atomic E-state index is 13.5. The molecular formula is C32H46N6O11S. The first-order valence-corrected chi connectivity index (χ1v) is 17.5. The fraction of sp³-hybridized carbons (Fsp3) is 0.531. The molecule has 50 heavy (non-hydrogen) atoms. The van der Waals surface area contributed by atoms with Crippen molar-refractivity contribution in [1.29, 1.82) is 0 Å². The molecule has 7 amide bonds. The van der Waals surface area contributed by atoms with Gasteiger partial charge >= 0.3 is 12.0 Å². The number of nitrogens with two attached hydrogens (primary N) is 1. The molecule has 0 aromatic heterocycles. The zero-order valence-corrected chi connectivity index (χ0v) is 29.5. The molecule has 0 bridgehead atoms. The summed E-state index contributed by atoms with van der Waals surface area (Å²) in [4.78, 5) is 87.7. The number of nitrogens with zero attached hydrogens (tertiary/aromatic N) is 1. The van der Waals surface area contributed by atoms with Crippen molar-refractivity contribution in [3.63, 3.8) is 0 Å². The Bertz CT molecular complexity index is 1560. The van der Waals surface area contributed by atoms with Gasteiger partial charge in [-0.3, -0.25) is 38.2 Å². The van der Waals surface area contributed by atoms with Gasteiger partial charge in [-0.05, 0) is 63.1 Å². The van der Waals surface area contributed by atoms with Crippen LogP contribution in [-0.2, 0) is 50.2 Å². The zero-order chi connectivity index (χ0) is 37.8. The number of carbonyl (C=O) groups excluding carboxylic acids is 7. The number of benzene rings is 1. The van der Waals surface area contributed by atoms with Gasteiger partial charge in [0.1, 0.15) is 18.7 Å². The topological polar surface area (TPSA) is 260 Å². The van der Waals surface area contributed by atoms with E-state index in [2.05, 4.69) is 21.3 Å². The Kier molecular flexibility index (Phi) is 15.1. The zero-order valence-electron chi connectivity index (χ0n) is 28.7. The van der Waals surface area contributed by atoms with Crippen molar-refractivity contribution in [2.45, 2.75) is 84.2 Å². The Labute approximate surface area is 290 Å². The lowest BCUT2D eigenvalue weighted by molar-refractivity contribution is -0.155. The van der Waals surface area contributed by atoms with Crippen LogP contribution in [0.15, 0.2) is 36.4 Å². The smallest absolute Gasteiger partial charge is 0.312 e. The van der Waals surface area contributed by atoms with E-state index in [0.29, 0.717) is 22.6 Å². The highest BCUT2D eigenvalue weighted by atomic mass is 32.2. The minimum Gasteiger partial charge on any atom is -0.460 e. The highest BCUT2D eigenvalue weighted by Crippen LogP contribution is 2.22. The van der Waals surface area contributed by atoms with E-state index in [9.17, 15) is 46.5 Å². The van der Waals surface area contributed by atoms with Crippen LogP contribution in [0, 0.1) is 11.3 Å². The molecule has 0 aliphatic carbocycles. The van der Waals surface area contributed by atoms with Crippen LogP contribution >= 0.6 is 0 Å². The van der Waals surface area contributed by atoms with Crippen LogP contribution in [-0.4, -0.2) is 89.8 Å². The van der Waals surface area contributed by atoms with Gasteiger partial charge in [0.2, 0.25) is 17.7 Å². The molecule has 17 nitrogen and oxygen atoms in total. The normalized spacial score (nSPS) is 14.9. The standard InChI is InChI=1S/C32H46N6O11S/c1-6-32(4,5)30(44)49-18-20-9-11-21(12-10-20)35-27(41)22(8-7-16-34-31(33)45)36-29(43)26(19(2)3)37-28(42)23(50(46,47)48)15-17-38-24(39)13-14-25(38)40/h9-14,19,22-23,26H,6-8,15-18H2,1-5H3,(H,35,41)(H,36,43)(H,37,42)(H3,33,34,45)(H,46,47,48)/t22-,23-,26-/m0/s1. The van der Waals surface area contributed by atoms with Crippen molar-refractivity contribution in [3.05, 3.63) is 42.0 Å². The van der Waals surface area contributed by atoms with Gasteiger partial charge in [-0.25, -0.2) is 4.79 Å². The number of rotatable bonds is 19. The third-order valence-electron chi connectivity index (χ3n) is 8.04. The van der Waals surface area contributed by atoms with Crippen molar-refractivity contribution in [3.8, 4) is 0 Å². The summed E-state index contributed by atoms with van der Waals surface area (Å²) in [6.07, 6.45) is 2.12. The minimum absolute atomic E-state index is 0.0113. The van der Waals surface area contributed by atoms with Gasteiger partial charge in [-0.2, -0.15) is 8.42 Å². The van der Waals surface area contributed by atoms with E-state index in [1.165, 1.54) is 0 Å². The van der Waals surface area contributed by atoms with Crippen molar-refractivity contribution in [2.24, 2.45) is 17.1 Å². The van der Waals surface area contributed by atoms with E-state index in [1.54, 1.807) is 52.0 Å². The molecular weight excluding hydrogens is 676 g/mol. The summed E-state index contributed by atoms with van der Waals surface area (Å²) >= 11 is 0. The van der Waals surface area contributed by atoms with E-state index >= 15 is 0 Å². The molecule has 1 aliphatic rings. The number of amides is 7. The summed E-state index contributed by atoms with van der Waals surface area (Å²) in [5, 5.41) is 7.80. The molecule has 1 heterocycles. The molecule has 0 saturated carbocycles. The van der Waals surface area contributed by atoms with E-state index in [-0.39, 0.29) is 32.0 Å². The first-order valence-electron chi connectivity index (χ1n) is 16.0. The van der Waals surface area contributed by atoms with Crippen LogP contribution in [0.2, 0.25) is 0 Å². The SMILES string of the molecule is CCC(C)(C)C(=O)OCc1ccc(NC(=O)[C@H](CCCNC(N)=O)NC(=O)[C@@H](NC(=O)[C@H](CCN2C(=O)C=CC2=O)S(=O)(=O)O)C(C)C)cc1. The summed E-state index contributed by atoms with van der Waals surface area (Å²) in [6, 6.07) is 3.07. The Morgan fingerprint density at radius 2 is 1.54 bits per heavy atom. The summed E-state index contributed by atoms with van der Waals surface area (Å²) in [5.74, 6) is -5.19. The molecule has 0 radical (unpaired) electrons. The maximum atomic E-state index is 13.5. The van der Waals surface area contributed by atoms with Crippen LogP contribution in [0.25, 0.3) is 0 Å². The summed E-state index contributed by atoms with van der Waals surface area (Å²) in [6.45, 7) is 8.15. The minimum atomic E-state index is -5.05. The molecule has 276 valence electrons. The first-order chi connectivity index (χ1) is 23.3. The van der Waals surface area contributed by atoms with Gasteiger partial charge in [0.05, 0.1) is 5.41 Å². The molecule has 0 spiro atoms. The summed E-state index contributed by atoms with van der Waals surface area (Å²) < 4.78 is 39.4. The monoisotopic (exact) mass is 722 g/mol. The number of carbonyl (C=O) groups is 7. The van der Waals surface area contributed by atoms with Crippen LogP contribution in [0.1, 0.15) is 65.9 Å². The van der Waals surface area contributed by atoms with Crippen molar-refractivity contribution >= 4 is 57.3 Å². The molecule has 0 saturated heterocycles. The summed E-state index contributed by atoms with van der Waals surface area (Å²) in [7, 11) is -5.05. The number of nitrogens with one attached hydrogen (secondary N) is 4. The van der Waals surface area contributed by atoms with Gasteiger partial charge in [0.15, 0.2) is 5.25 Å². The van der Waals surface area contributed by atoms with Gasteiger partial charge in [-0.1, -0.05) is 32.9 Å². The molecule has 1 aromatic rings.